The topological polar surface area (TPSA) is 57.7 Å². The highest BCUT2D eigenvalue weighted by Gasteiger charge is 2.46. The van der Waals surface area contributed by atoms with Gasteiger partial charge in [-0.1, -0.05) is 30.3 Å². The van der Waals surface area contributed by atoms with Crippen molar-refractivity contribution in [1.29, 1.82) is 0 Å². The van der Waals surface area contributed by atoms with E-state index in [0.717, 1.165) is 22.3 Å². The predicted octanol–water partition coefficient (Wildman–Crippen LogP) is 3.45. The summed E-state index contributed by atoms with van der Waals surface area (Å²) in [5.74, 6) is -0.0172. The number of benzene rings is 2. The zero-order chi connectivity index (χ0) is 19.8. The number of fused-ring (bicyclic) bond motifs is 2. The van der Waals surface area contributed by atoms with Gasteiger partial charge in [0.1, 0.15) is 0 Å². The number of amides is 1. The molecular formula is C21H24N2O3S. The highest BCUT2D eigenvalue weighted by Crippen LogP contribution is 2.44. The Balaban J connectivity index is 1.75. The van der Waals surface area contributed by atoms with Crippen LogP contribution in [0.3, 0.4) is 0 Å². The van der Waals surface area contributed by atoms with Gasteiger partial charge in [0, 0.05) is 19.2 Å². The maximum Gasteiger partial charge on any atom is 0.255 e. The fourth-order valence-electron chi connectivity index (χ4n) is 4.20. The molecule has 2 aliphatic rings. The molecule has 142 valence electrons. The van der Waals surface area contributed by atoms with Crippen LogP contribution in [-0.4, -0.2) is 30.6 Å². The van der Waals surface area contributed by atoms with Gasteiger partial charge in [0.05, 0.1) is 16.0 Å². The molecule has 5 nitrogen and oxygen atoms in total. The zero-order valence-electron chi connectivity index (χ0n) is 16.3. The minimum atomic E-state index is -3.51. The number of hydrogen-bond acceptors (Lipinski definition) is 3. The van der Waals surface area contributed by atoms with Crippen molar-refractivity contribution in [1.82, 2.24) is 9.21 Å². The van der Waals surface area contributed by atoms with E-state index < -0.39 is 21.1 Å². The van der Waals surface area contributed by atoms with E-state index in [1.165, 1.54) is 4.31 Å². The molecule has 0 aliphatic carbocycles. The van der Waals surface area contributed by atoms with Crippen LogP contribution in [0, 0.1) is 0 Å². The van der Waals surface area contributed by atoms with E-state index in [0.29, 0.717) is 11.4 Å². The van der Waals surface area contributed by atoms with Crippen molar-refractivity contribution in [2.75, 3.05) is 7.05 Å². The van der Waals surface area contributed by atoms with Crippen LogP contribution in [0.25, 0.3) is 0 Å². The van der Waals surface area contributed by atoms with E-state index in [2.05, 4.69) is 0 Å². The van der Waals surface area contributed by atoms with Crippen LogP contribution >= 0.6 is 0 Å². The van der Waals surface area contributed by atoms with Gasteiger partial charge >= 0.3 is 0 Å². The van der Waals surface area contributed by atoms with Gasteiger partial charge in [-0.15, -0.1) is 0 Å². The molecule has 0 N–H and O–H groups in total. The first-order valence-corrected chi connectivity index (χ1v) is 10.5. The number of nitrogens with zero attached hydrogens (tertiary/aromatic N) is 2. The van der Waals surface area contributed by atoms with Crippen LogP contribution in [0.5, 0.6) is 0 Å². The molecule has 2 aromatic rings. The van der Waals surface area contributed by atoms with Crippen molar-refractivity contribution in [3.05, 3.63) is 64.7 Å². The van der Waals surface area contributed by atoms with E-state index in [4.69, 9.17) is 0 Å². The van der Waals surface area contributed by atoms with Crippen molar-refractivity contribution < 1.29 is 13.2 Å². The molecule has 27 heavy (non-hydrogen) atoms. The Morgan fingerprint density at radius 3 is 2.26 bits per heavy atom. The number of hydrogen-bond donors (Lipinski definition) is 0. The van der Waals surface area contributed by atoms with Crippen LogP contribution in [0.2, 0.25) is 0 Å². The van der Waals surface area contributed by atoms with Gasteiger partial charge in [-0.05, 0) is 56.5 Å². The summed E-state index contributed by atoms with van der Waals surface area (Å²) in [5, 5.41) is 0. The summed E-state index contributed by atoms with van der Waals surface area (Å²) in [6.45, 7) is 8.22. The lowest BCUT2D eigenvalue weighted by Gasteiger charge is -2.32. The fourth-order valence-corrected chi connectivity index (χ4v) is 6.09. The Kier molecular flexibility index (Phi) is 3.66. The molecular weight excluding hydrogens is 360 g/mol. The highest BCUT2D eigenvalue weighted by atomic mass is 32.2. The second-order valence-corrected chi connectivity index (χ2v) is 10.3. The van der Waals surface area contributed by atoms with Crippen LogP contribution in [-0.2, 0) is 27.6 Å². The molecule has 4 rings (SSSR count). The Hall–Kier alpha value is -2.18. The first kappa shape index (κ1) is 18.2. The SMILES string of the molecule is CN1C(C)(C)c2ccc(CN3C(=O)c4ccccc4C3(C)C)cc2S1(=O)=O. The minimum Gasteiger partial charge on any atom is -0.325 e. The Bertz CT molecular complexity index is 1070. The van der Waals surface area contributed by atoms with Gasteiger partial charge in [-0.25, -0.2) is 8.42 Å². The molecule has 0 spiro atoms. The highest BCUT2D eigenvalue weighted by molar-refractivity contribution is 7.89. The van der Waals surface area contributed by atoms with Gasteiger partial charge in [-0.3, -0.25) is 4.79 Å². The van der Waals surface area contributed by atoms with Crippen LogP contribution in [0.15, 0.2) is 47.4 Å². The molecule has 0 radical (unpaired) electrons. The minimum absolute atomic E-state index is 0.0172. The molecule has 1 amide bonds. The first-order chi connectivity index (χ1) is 12.5. The quantitative estimate of drug-likeness (QED) is 0.797. The lowest BCUT2D eigenvalue weighted by molar-refractivity contribution is 0.0595. The number of sulfonamides is 1. The summed E-state index contributed by atoms with van der Waals surface area (Å²) < 4.78 is 27.0. The second-order valence-electron chi connectivity index (χ2n) is 8.36. The van der Waals surface area contributed by atoms with Crippen LogP contribution in [0.4, 0.5) is 0 Å². The standard InChI is InChI=1S/C21H24N2O3S/c1-20(2)17-11-10-14(12-18(17)27(25,26)22(20)5)13-23-19(24)15-8-6-7-9-16(15)21(23,3)4/h6-12H,13H2,1-5H3. The molecule has 2 heterocycles. The molecule has 0 fully saturated rings. The Morgan fingerprint density at radius 2 is 1.59 bits per heavy atom. The molecule has 0 atom stereocenters. The maximum atomic E-state index is 12.9. The van der Waals surface area contributed by atoms with Gasteiger partial charge < -0.3 is 4.90 Å². The smallest absolute Gasteiger partial charge is 0.255 e. The third-order valence-corrected chi connectivity index (χ3v) is 8.28. The molecule has 0 saturated carbocycles. The average molecular weight is 385 g/mol. The van der Waals surface area contributed by atoms with Crippen molar-refractivity contribution in [3.8, 4) is 0 Å². The molecule has 6 heteroatoms. The maximum absolute atomic E-state index is 12.9. The average Bonchev–Trinajstić information content (AvgIpc) is 2.89. The van der Waals surface area contributed by atoms with Crippen molar-refractivity contribution in [2.45, 2.75) is 50.2 Å². The fraction of sp³-hybridized carbons (Fsp3) is 0.381. The van der Waals surface area contributed by atoms with E-state index in [1.807, 2.05) is 69.0 Å². The molecule has 0 saturated heterocycles. The van der Waals surface area contributed by atoms with Gasteiger partial charge in [-0.2, -0.15) is 4.31 Å². The molecule has 0 aromatic heterocycles. The summed E-state index contributed by atoms with van der Waals surface area (Å²) >= 11 is 0. The predicted molar refractivity (Wildman–Crippen MR) is 104 cm³/mol. The third-order valence-electron chi connectivity index (χ3n) is 6.21. The van der Waals surface area contributed by atoms with E-state index in [9.17, 15) is 13.2 Å². The number of carbonyl (C=O) groups excluding carboxylic acids is 1. The van der Waals surface area contributed by atoms with Crippen LogP contribution < -0.4 is 0 Å². The largest absolute Gasteiger partial charge is 0.325 e. The van der Waals surface area contributed by atoms with Gasteiger partial charge in [0.15, 0.2) is 0 Å². The molecule has 2 aliphatic heterocycles. The summed E-state index contributed by atoms with van der Waals surface area (Å²) in [5.41, 5.74) is 2.32. The summed E-state index contributed by atoms with van der Waals surface area (Å²) in [6, 6.07) is 13.2. The number of carbonyl (C=O) groups is 1. The van der Waals surface area contributed by atoms with Gasteiger partial charge in [0.25, 0.3) is 5.91 Å². The monoisotopic (exact) mass is 384 g/mol. The summed E-state index contributed by atoms with van der Waals surface area (Å²) in [4.78, 5) is 15.1. The third kappa shape index (κ3) is 2.33. The zero-order valence-corrected chi connectivity index (χ0v) is 17.1. The molecule has 2 aromatic carbocycles. The van der Waals surface area contributed by atoms with Crippen molar-refractivity contribution >= 4 is 15.9 Å². The lowest BCUT2D eigenvalue weighted by atomic mass is 9.92. The van der Waals surface area contributed by atoms with E-state index in [1.54, 1.807) is 13.1 Å². The Labute approximate surface area is 160 Å². The second kappa shape index (κ2) is 5.42. The normalized spacial score (nSPS) is 22.0. The summed E-state index contributed by atoms with van der Waals surface area (Å²) in [6.07, 6.45) is 0. The van der Waals surface area contributed by atoms with E-state index >= 15 is 0 Å². The lowest BCUT2D eigenvalue weighted by Crippen LogP contribution is -2.38. The molecule has 0 unspecified atom stereocenters. The number of rotatable bonds is 2. The Morgan fingerprint density at radius 1 is 0.926 bits per heavy atom. The van der Waals surface area contributed by atoms with Gasteiger partial charge in [0.2, 0.25) is 10.0 Å². The van der Waals surface area contributed by atoms with Crippen LogP contribution in [0.1, 0.15) is 54.7 Å². The van der Waals surface area contributed by atoms with Crippen molar-refractivity contribution in [2.24, 2.45) is 0 Å². The summed E-state index contributed by atoms with van der Waals surface area (Å²) in [7, 11) is -1.90. The molecule has 0 bridgehead atoms. The van der Waals surface area contributed by atoms with E-state index in [-0.39, 0.29) is 5.91 Å². The first-order valence-electron chi connectivity index (χ1n) is 9.03. The van der Waals surface area contributed by atoms with Crippen molar-refractivity contribution in [3.63, 3.8) is 0 Å².